The summed E-state index contributed by atoms with van der Waals surface area (Å²) in [5.74, 6) is -0.387. The first kappa shape index (κ1) is 16.5. The van der Waals surface area contributed by atoms with Gasteiger partial charge in [0, 0.05) is 45.9 Å². The summed E-state index contributed by atoms with van der Waals surface area (Å²) in [6, 6.07) is 10.4. The van der Waals surface area contributed by atoms with Gasteiger partial charge < -0.3 is 5.32 Å². The Morgan fingerprint density at radius 3 is 2.92 bits per heavy atom. The van der Waals surface area contributed by atoms with E-state index in [2.05, 4.69) is 10.3 Å². The number of nitrogens with zero attached hydrogens (tertiary/aromatic N) is 1. The zero-order chi connectivity index (χ0) is 16.8. The Labute approximate surface area is 147 Å². The first-order valence-corrected chi connectivity index (χ1v) is 9.11. The largest absolute Gasteiger partial charge is 0.352 e. The lowest BCUT2D eigenvalue weighted by molar-refractivity contribution is -0.116. The molecule has 2 aromatic heterocycles. The number of hydrogen-bond acceptors (Lipinski definition) is 4. The fourth-order valence-electron chi connectivity index (χ4n) is 2.13. The number of carbonyl (C=O) groups is 1. The van der Waals surface area contributed by atoms with E-state index in [4.69, 9.17) is 0 Å². The highest BCUT2D eigenvalue weighted by atomic mass is 32.1. The van der Waals surface area contributed by atoms with Crippen molar-refractivity contribution < 1.29 is 9.18 Å². The summed E-state index contributed by atoms with van der Waals surface area (Å²) in [5.41, 5.74) is 0.579. The molecule has 2 heterocycles. The smallest absolute Gasteiger partial charge is 0.244 e. The number of nitrogens with one attached hydrogen (secondary N) is 1. The monoisotopic (exact) mass is 358 g/mol. The molecule has 1 N–H and O–H groups in total. The van der Waals surface area contributed by atoms with Crippen LogP contribution in [0.2, 0.25) is 0 Å². The molecular weight excluding hydrogens is 343 g/mol. The number of hydrogen-bond donors (Lipinski definition) is 1. The van der Waals surface area contributed by atoms with Gasteiger partial charge in [0.15, 0.2) is 0 Å². The molecule has 0 atom stereocenters. The number of aromatic nitrogens is 1. The van der Waals surface area contributed by atoms with Crippen LogP contribution in [0.15, 0.2) is 54.1 Å². The lowest BCUT2D eigenvalue weighted by Gasteiger charge is -1.99. The molecule has 1 amide bonds. The Morgan fingerprint density at radius 2 is 2.12 bits per heavy atom. The molecule has 122 valence electrons. The van der Waals surface area contributed by atoms with Crippen LogP contribution in [0.25, 0.3) is 16.5 Å². The van der Waals surface area contributed by atoms with Crippen LogP contribution < -0.4 is 5.32 Å². The summed E-state index contributed by atoms with van der Waals surface area (Å²) in [6.45, 7) is 0.557. The fraction of sp³-hybridized carbons (Fsp3) is 0.111. The third kappa shape index (κ3) is 4.37. The predicted molar refractivity (Wildman–Crippen MR) is 97.6 cm³/mol. The second-order valence-electron chi connectivity index (χ2n) is 4.98. The molecule has 3 nitrogen and oxygen atoms in total. The Kier molecular flexibility index (Phi) is 5.51. The van der Waals surface area contributed by atoms with Crippen LogP contribution in [-0.2, 0) is 11.2 Å². The molecule has 0 unspecified atom stereocenters. The van der Waals surface area contributed by atoms with Gasteiger partial charge in [0.1, 0.15) is 5.82 Å². The van der Waals surface area contributed by atoms with Crippen molar-refractivity contribution in [2.24, 2.45) is 0 Å². The standard InChI is InChI=1S/C18H15FN2OS2/c19-15-4-2-1-3-14(15)16-7-5-13(24-16)6-8-17(22)20-10-9-18-21-11-12-23-18/h1-8,11-12H,9-10H2,(H,20,22)/b8-6+. The topological polar surface area (TPSA) is 42.0 Å². The van der Waals surface area contributed by atoms with E-state index < -0.39 is 0 Å². The molecule has 0 saturated heterocycles. The number of thiophene rings is 1. The maximum atomic E-state index is 13.8. The van der Waals surface area contributed by atoms with Gasteiger partial charge in [-0.15, -0.1) is 22.7 Å². The molecule has 0 saturated carbocycles. The van der Waals surface area contributed by atoms with Crippen LogP contribution >= 0.6 is 22.7 Å². The number of rotatable bonds is 6. The highest BCUT2D eigenvalue weighted by Crippen LogP contribution is 2.30. The Morgan fingerprint density at radius 1 is 1.25 bits per heavy atom. The summed E-state index contributed by atoms with van der Waals surface area (Å²) in [5, 5.41) is 5.75. The molecular formula is C18H15FN2OS2. The minimum absolute atomic E-state index is 0.146. The third-order valence-electron chi connectivity index (χ3n) is 3.29. The Hall–Kier alpha value is -2.31. The van der Waals surface area contributed by atoms with Crippen molar-refractivity contribution in [3.8, 4) is 10.4 Å². The van der Waals surface area contributed by atoms with E-state index in [-0.39, 0.29) is 11.7 Å². The van der Waals surface area contributed by atoms with Crippen molar-refractivity contribution in [2.45, 2.75) is 6.42 Å². The van der Waals surface area contributed by atoms with Gasteiger partial charge in [0.05, 0.1) is 5.01 Å². The van der Waals surface area contributed by atoms with Gasteiger partial charge in [-0.05, 0) is 24.3 Å². The third-order valence-corrected chi connectivity index (χ3v) is 5.21. The summed E-state index contributed by atoms with van der Waals surface area (Å²) in [6.07, 6.45) is 5.73. The molecule has 0 fully saturated rings. The minimum atomic E-state index is -0.241. The summed E-state index contributed by atoms with van der Waals surface area (Å²) in [4.78, 5) is 17.7. The highest BCUT2D eigenvalue weighted by molar-refractivity contribution is 7.16. The number of halogens is 1. The van der Waals surface area contributed by atoms with Gasteiger partial charge in [-0.1, -0.05) is 18.2 Å². The highest BCUT2D eigenvalue weighted by Gasteiger charge is 2.06. The van der Waals surface area contributed by atoms with Crippen molar-refractivity contribution in [1.82, 2.24) is 10.3 Å². The molecule has 0 aliphatic carbocycles. The summed E-state index contributed by atoms with van der Waals surface area (Å²) in [7, 11) is 0. The van der Waals surface area contributed by atoms with Gasteiger partial charge in [-0.2, -0.15) is 0 Å². The molecule has 3 aromatic rings. The van der Waals surface area contributed by atoms with Crippen LogP contribution in [0.3, 0.4) is 0 Å². The van der Waals surface area contributed by atoms with Crippen molar-refractivity contribution in [3.05, 3.63) is 69.8 Å². The van der Waals surface area contributed by atoms with E-state index in [1.54, 1.807) is 35.7 Å². The zero-order valence-electron chi connectivity index (χ0n) is 12.7. The average molecular weight is 358 g/mol. The quantitative estimate of drug-likeness (QED) is 0.664. The van der Waals surface area contributed by atoms with E-state index in [1.165, 1.54) is 23.5 Å². The van der Waals surface area contributed by atoms with Crippen LogP contribution in [0.4, 0.5) is 4.39 Å². The second-order valence-corrected chi connectivity index (χ2v) is 7.08. The minimum Gasteiger partial charge on any atom is -0.352 e. The Balaban J connectivity index is 1.55. The summed E-state index contributed by atoms with van der Waals surface area (Å²) < 4.78 is 13.8. The van der Waals surface area contributed by atoms with Crippen molar-refractivity contribution in [1.29, 1.82) is 0 Å². The molecule has 3 rings (SSSR count). The maximum Gasteiger partial charge on any atom is 0.244 e. The van der Waals surface area contributed by atoms with Crippen molar-refractivity contribution in [3.63, 3.8) is 0 Å². The lowest BCUT2D eigenvalue weighted by atomic mass is 10.2. The second kappa shape index (κ2) is 7.99. The number of benzene rings is 1. The van der Waals surface area contributed by atoms with Gasteiger partial charge in [0.25, 0.3) is 0 Å². The van der Waals surface area contributed by atoms with Crippen LogP contribution in [0.5, 0.6) is 0 Å². The first-order valence-electron chi connectivity index (χ1n) is 7.41. The van der Waals surface area contributed by atoms with Crippen LogP contribution in [0.1, 0.15) is 9.88 Å². The number of carbonyl (C=O) groups excluding carboxylic acids is 1. The van der Waals surface area contributed by atoms with E-state index in [0.717, 1.165) is 21.2 Å². The zero-order valence-corrected chi connectivity index (χ0v) is 14.4. The van der Waals surface area contributed by atoms with Crippen molar-refractivity contribution in [2.75, 3.05) is 6.54 Å². The number of amides is 1. The SMILES string of the molecule is O=C(/C=C/c1ccc(-c2ccccc2F)s1)NCCc1nccs1. The summed E-state index contributed by atoms with van der Waals surface area (Å²) >= 11 is 3.03. The van der Waals surface area contributed by atoms with E-state index in [0.29, 0.717) is 12.1 Å². The van der Waals surface area contributed by atoms with Crippen LogP contribution in [-0.4, -0.2) is 17.4 Å². The first-order chi connectivity index (χ1) is 11.7. The van der Waals surface area contributed by atoms with Gasteiger partial charge in [0.2, 0.25) is 5.91 Å². The molecule has 6 heteroatoms. The van der Waals surface area contributed by atoms with E-state index in [9.17, 15) is 9.18 Å². The Bertz CT molecular complexity index is 840. The fourth-order valence-corrected chi connectivity index (χ4v) is 3.69. The molecule has 24 heavy (non-hydrogen) atoms. The molecule has 0 aliphatic heterocycles. The van der Waals surface area contributed by atoms with Crippen molar-refractivity contribution >= 4 is 34.7 Å². The average Bonchev–Trinajstić information content (AvgIpc) is 3.25. The maximum absolute atomic E-state index is 13.8. The van der Waals surface area contributed by atoms with Gasteiger partial charge >= 0.3 is 0 Å². The van der Waals surface area contributed by atoms with E-state index >= 15 is 0 Å². The van der Waals surface area contributed by atoms with Gasteiger partial charge in [-0.3, -0.25) is 4.79 Å². The molecule has 0 radical (unpaired) electrons. The van der Waals surface area contributed by atoms with Gasteiger partial charge in [-0.25, -0.2) is 9.37 Å². The molecule has 0 aliphatic rings. The number of thiazole rings is 1. The predicted octanol–water partition coefficient (Wildman–Crippen LogP) is 4.38. The lowest BCUT2D eigenvalue weighted by Crippen LogP contribution is -2.23. The molecule has 0 bridgehead atoms. The normalized spacial score (nSPS) is 11.0. The molecule has 0 spiro atoms. The van der Waals surface area contributed by atoms with Crippen LogP contribution in [0, 0.1) is 5.82 Å². The molecule has 1 aromatic carbocycles. The van der Waals surface area contributed by atoms with E-state index in [1.807, 2.05) is 23.6 Å².